The first-order chi connectivity index (χ1) is 15.5. The zero-order valence-electron chi connectivity index (χ0n) is 17.3. The lowest BCUT2D eigenvalue weighted by atomic mass is 10.1. The van der Waals surface area contributed by atoms with E-state index in [9.17, 15) is 4.39 Å². The summed E-state index contributed by atoms with van der Waals surface area (Å²) in [6.45, 7) is 3.77. The molecule has 0 radical (unpaired) electrons. The third-order valence-corrected chi connectivity index (χ3v) is 4.77. The average molecular weight is 427 g/mol. The molecule has 0 spiro atoms. The minimum absolute atomic E-state index is 0.344. The normalized spacial score (nSPS) is 11.0. The number of hydrogen-bond acceptors (Lipinski definition) is 7. The van der Waals surface area contributed by atoms with Crippen molar-refractivity contribution in [2.75, 3.05) is 5.32 Å². The number of hydrogen-bond donors (Lipinski definition) is 1. The Labute approximate surface area is 182 Å². The summed E-state index contributed by atoms with van der Waals surface area (Å²) in [5.74, 6) is 1.87. The van der Waals surface area contributed by atoms with Gasteiger partial charge in [-0.05, 0) is 62.4 Å². The minimum Gasteiger partial charge on any atom is -0.445 e. The van der Waals surface area contributed by atoms with Crippen molar-refractivity contribution in [2.24, 2.45) is 0 Å². The van der Waals surface area contributed by atoms with E-state index >= 15 is 0 Å². The molecule has 0 atom stereocenters. The van der Waals surface area contributed by atoms with Crippen molar-refractivity contribution in [3.8, 4) is 28.4 Å². The van der Waals surface area contributed by atoms with Crippen LogP contribution < -0.4 is 5.32 Å². The Kier molecular flexibility index (Phi) is 4.91. The molecule has 32 heavy (non-hydrogen) atoms. The van der Waals surface area contributed by atoms with Gasteiger partial charge in [0.15, 0.2) is 0 Å². The van der Waals surface area contributed by atoms with Crippen molar-refractivity contribution in [3.05, 3.63) is 84.7 Å². The number of anilines is 2. The summed E-state index contributed by atoms with van der Waals surface area (Å²) in [4.78, 5) is 17.2. The van der Waals surface area contributed by atoms with Crippen LogP contribution in [0.2, 0.25) is 0 Å². The molecule has 3 heterocycles. The van der Waals surface area contributed by atoms with Crippen molar-refractivity contribution in [1.82, 2.24) is 29.7 Å². The zero-order valence-corrected chi connectivity index (χ0v) is 17.3. The van der Waals surface area contributed by atoms with E-state index < -0.39 is 5.82 Å². The van der Waals surface area contributed by atoms with E-state index in [2.05, 4.69) is 30.4 Å². The number of aryl methyl sites for hydroxylation is 2. The lowest BCUT2D eigenvalue weighted by Crippen LogP contribution is -2.01. The van der Waals surface area contributed by atoms with Crippen molar-refractivity contribution in [3.63, 3.8) is 0 Å². The molecule has 0 fully saturated rings. The maximum absolute atomic E-state index is 14.2. The van der Waals surface area contributed by atoms with Gasteiger partial charge in [0.1, 0.15) is 23.7 Å². The van der Waals surface area contributed by atoms with Crippen LogP contribution in [-0.2, 0) is 0 Å². The molecule has 0 aliphatic heterocycles. The Hall–Kier alpha value is -4.40. The topological polar surface area (TPSA) is 94.6 Å². The largest absolute Gasteiger partial charge is 0.445 e. The summed E-state index contributed by atoms with van der Waals surface area (Å²) in [5, 5.41) is 7.57. The number of nitrogens with zero attached hydrogens (tertiary/aromatic N) is 6. The number of aromatic nitrogens is 6. The zero-order chi connectivity index (χ0) is 22.1. The van der Waals surface area contributed by atoms with Gasteiger partial charge < -0.3 is 9.73 Å². The summed E-state index contributed by atoms with van der Waals surface area (Å²) in [6.07, 6.45) is 4.59. The Morgan fingerprint density at radius 3 is 2.44 bits per heavy atom. The van der Waals surface area contributed by atoms with Crippen LogP contribution in [0, 0.1) is 19.7 Å². The fourth-order valence-corrected chi connectivity index (χ4v) is 3.39. The molecule has 5 rings (SSSR count). The van der Waals surface area contributed by atoms with Crippen LogP contribution in [0.1, 0.15) is 11.6 Å². The van der Waals surface area contributed by atoms with Gasteiger partial charge in [-0.1, -0.05) is 0 Å². The van der Waals surface area contributed by atoms with Gasteiger partial charge in [-0.15, -0.1) is 0 Å². The van der Waals surface area contributed by atoms with Crippen LogP contribution >= 0.6 is 0 Å². The summed E-state index contributed by atoms with van der Waals surface area (Å²) < 4.78 is 21.3. The highest BCUT2D eigenvalue weighted by atomic mass is 19.1. The van der Waals surface area contributed by atoms with Crippen LogP contribution in [0.15, 0.2) is 71.6 Å². The van der Waals surface area contributed by atoms with Gasteiger partial charge in [0.05, 0.1) is 17.6 Å². The van der Waals surface area contributed by atoms with E-state index in [1.54, 1.807) is 23.0 Å². The van der Waals surface area contributed by atoms with E-state index in [0.29, 0.717) is 28.7 Å². The molecule has 0 saturated heterocycles. The second-order valence-electron chi connectivity index (χ2n) is 7.12. The van der Waals surface area contributed by atoms with Gasteiger partial charge in [-0.3, -0.25) is 0 Å². The molecular weight excluding hydrogens is 409 g/mol. The van der Waals surface area contributed by atoms with E-state index in [-0.39, 0.29) is 0 Å². The van der Waals surface area contributed by atoms with Crippen molar-refractivity contribution >= 4 is 11.6 Å². The highest BCUT2D eigenvalue weighted by Crippen LogP contribution is 2.27. The van der Waals surface area contributed by atoms with Crippen molar-refractivity contribution in [2.45, 2.75) is 13.8 Å². The van der Waals surface area contributed by atoms with Crippen LogP contribution in [0.4, 0.5) is 16.0 Å². The van der Waals surface area contributed by atoms with E-state index in [4.69, 9.17) is 4.42 Å². The fraction of sp³-hybridized carbons (Fsp3) is 0.0870. The first-order valence-corrected chi connectivity index (χ1v) is 9.87. The minimum atomic E-state index is -0.405. The summed E-state index contributed by atoms with van der Waals surface area (Å²) in [5.41, 5.74) is 3.41. The van der Waals surface area contributed by atoms with E-state index in [1.165, 1.54) is 24.6 Å². The van der Waals surface area contributed by atoms with E-state index in [1.807, 2.05) is 38.1 Å². The lowest BCUT2D eigenvalue weighted by molar-refractivity contribution is 0.572. The van der Waals surface area contributed by atoms with E-state index in [0.717, 1.165) is 23.0 Å². The second-order valence-corrected chi connectivity index (χ2v) is 7.12. The average Bonchev–Trinajstić information content (AvgIpc) is 3.44. The summed E-state index contributed by atoms with van der Waals surface area (Å²) >= 11 is 0. The van der Waals surface area contributed by atoms with Gasteiger partial charge in [0.25, 0.3) is 0 Å². The molecule has 2 aromatic carbocycles. The third-order valence-electron chi connectivity index (χ3n) is 4.77. The second kappa shape index (κ2) is 8.03. The van der Waals surface area contributed by atoms with Crippen LogP contribution in [0.25, 0.3) is 28.4 Å². The maximum atomic E-state index is 14.2. The van der Waals surface area contributed by atoms with Crippen LogP contribution in [0.5, 0.6) is 0 Å². The SMILES string of the molecule is Cc1nc(C)n(-c2ccc(Nc3nccc(-c4cc(F)cc(-c5ncco5)c4)n3)cc2)n1. The molecule has 0 saturated carbocycles. The number of rotatable bonds is 5. The number of nitrogens with one attached hydrogen (secondary N) is 1. The fourth-order valence-electron chi connectivity index (χ4n) is 3.39. The predicted molar refractivity (Wildman–Crippen MR) is 117 cm³/mol. The van der Waals surface area contributed by atoms with Crippen LogP contribution in [-0.4, -0.2) is 29.7 Å². The van der Waals surface area contributed by atoms with Gasteiger partial charge in [-0.2, -0.15) is 5.10 Å². The smallest absolute Gasteiger partial charge is 0.227 e. The van der Waals surface area contributed by atoms with Crippen molar-refractivity contribution in [1.29, 1.82) is 0 Å². The molecule has 0 aliphatic rings. The van der Waals surface area contributed by atoms with Gasteiger partial charge in [-0.25, -0.2) is 29.0 Å². The molecule has 0 bridgehead atoms. The quantitative estimate of drug-likeness (QED) is 0.427. The van der Waals surface area contributed by atoms with Gasteiger partial charge >= 0.3 is 0 Å². The molecule has 3 aromatic heterocycles. The Morgan fingerprint density at radius 2 is 1.72 bits per heavy atom. The van der Waals surface area contributed by atoms with Crippen LogP contribution in [0.3, 0.4) is 0 Å². The molecule has 8 nitrogen and oxygen atoms in total. The number of benzene rings is 2. The molecule has 9 heteroatoms. The molecule has 5 aromatic rings. The first kappa shape index (κ1) is 19.6. The Bertz CT molecular complexity index is 1380. The molecule has 0 aliphatic carbocycles. The Morgan fingerprint density at radius 1 is 0.906 bits per heavy atom. The number of oxazole rings is 1. The monoisotopic (exact) mass is 427 g/mol. The first-order valence-electron chi connectivity index (χ1n) is 9.87. The molecule has 0 unspecified atom stereocenters. The summed E-state index contributed by atoms with van der Waals surface area (Å²) in [7, 11) is 0. The molecule has 158 valence electrons. The number of halogens is 1. The molecular formula is C23H18FN7O. The van der Waals surface area contributed by atoms with Gasteiger partial charge in [0.2, 0.25) is 11.8 Å². The maximum Gasteiger partial charge on any atom is 0.227 e. The highest BCUT2D eigenvalue weighted by Gasteiger charge is 2.11. The predicted octanol–water partition coefficient (Wildman–Crippen LogP) is 4.88. The summed E-state index contributed by atoms with van der Waals surface area (Å²) in [6, 6.07) is 14.0. The highest BCUT2D eigenvalue weighted by molar-refractivity contribution is 5.68. The van der Waals surface area contributed by atoms with Gasteiger partial charge in [0, 0.05) is 23.0 Å². The third kappa shape index (κ3) is 3.95. The van der Waals surface area contributed by atoms with Crippen molar-refractivity contribution < 1.29 is 8.81 Å². The lowest BCUT2D eigenvalue weighted by Gasteiger charge is -2.09. The molecule has 1 N–H and O–H groups in total. The Balaban J connectivity index is 1.40. The standard InChI is InChI=1S/C23H18FN7O/c1-14-27-15(2)31(30-14)20-5-3-19(4-6-20)28-23-26-8-7-21(29-23)16-11-17(13-18(24)12-16)22-25-9-10-32-22/h3-13H,1-2H3,(H,26,28,29). The molecule has 0 amide bonds.